The lowest BCUT2D eigenvalue weighted by molar-refractivity contribution is -0.146. The monoisotopic (exact) mass is 731 g/mol. The van der Waals surface area contributed by atoms with Gasteiger partial charge in [-0.15, -0.1) is 11.8 Å². The summed E-state index contributed by atoms with van der Waals surface area (Å²) in [4.78, 5) is 37.7. The Balaban J connectivity index is 1.47. The van der Waals surface area contributed by atoms with E-state index in [0.29, 0.717) is 44.3 Å². The second kappa shape index (κ2) is 19.4. The summed E-state index contributed by atoms with van der Waals surface area (Å²) in [5.41, 5.74) is 7.34. The molecule has 0 radical (unpaired) electrons. The van der Waals surface area contributed by atoms with Crippen LogP contribution in [0.2, 0.25) is 0 Å². The lowest BCUT2D eigenvalue weighted by atomic mass is 9.84. The highest BCUT2D eigenvalue weighted by Gasteiger charge is 2.46. The topological polar surface area (TPSA) is 129 Å². The van der Waals surface area contributed by atoms with E-state index >= 15 is 0 Å². The van der Waals surface area contributed by atoms with E-state index in [0.717, 1.165) is 23.1 Å². The lowest BCUT2D eigenvalue weighted by Crippen LogP contribution is -2.51. The molecule has 0 saturated carbocycles. The number of hydrogen-bond donors (Lipinski definition) is 3. The van der Waals surface area contributed by atoms with Gasteiger partial charge in [-0.05, 0) is 56.2 Å². The normalized spacial score (nSPS) is 17.9. The van der Waals surface area contributed by atoms with Crippen molar-refractivity contribution in [2.45, 2.75) is 94.7 Å². The number of unbranched alkanes of at least 4 members (excludes halogenated alkanes) is 1. The molecule has 1 amide bonds. The van der Waals surface area contributed by atoms with Crippen LogP contribution in [-0.2, 0) is 28.5 Å². The Morgan fingerprint density at radius 3 is 1.96 bits per heavy atom. The van der Waals surface area contributed by atoms with E-state index in [1.54, 1.807) is 11.8 Å². The van der Waals surface area contributed by atoms with Gasteiger partial charge in [0.05, 0.1) is 24.0 Å². The molecular formula is C42H57N3O6S. The van der Waals surface area contributed by atoms with Crippen LogP contribution in [0.25, 0.3) is 0 Å². The van der Waals surface area contributed by atoms with Crippen LogP contribution < -0.4 is 16.4 Å². The van der Waals surface area contributed by atoms with Crippen LogP contribution in [0.15, 0.2) is 91.0 Å². The first-order chi connectivity index (χ1) is 24.9. The molecule has 4 N–H and O–H groups in total. The van der Waals surface area contributed by atoms with Crippen molar-refractivity contribution in [1.82, 2.24) is 10.6 Å². The fourth-order valence-corrected chi connectivity index (χ4v) is 7.90. The van der Waals surface area contributed by atoms with E-state index < -0.39 is 27.9 Å². The fourth-order valence-electron chi connectivity index (χ4n) is 6.33. The molecule has 3 aromatic rings. The van der Waals surface area contributed by atoms with Crippen molar-refractivity contribution in [3.05, 3.63) is 108 Å². The zero-order chi connectivity index (χ0) is 37.6. The van der Waals surface area contributed by atoms with Gasteiger partial charge in [-0.25, -0.2) is 9.59 Å². The minimum Gasteiger partial charge on any atom is -0.464 e. The number of cyclic esters (lactones) is 1. The van der Waals surface area contributed by atoms with Crippen LogP contribution in [-0.4, -0.2) is 73.2 Å². The molecule has 4 rings (SSSR count). The maximum absolute atomic E-state index is 13.2. The van der Waals surface area contributed by atoms with Crippen LogP contribution in [0.4, 0.5) is 4.79 Å². The lowest BCUT2D eigenvalue weighted by Gasteiger charge is -2.37. The summed E-state index contributed by atoms with van der Waals surface area (Å²) in [5, 5.41) is 6.90. The molecule has 0 spiro atoms. The summed E-state index contributed by atoms with van der Waals surface area (Å²) in [6.07, 6.45) is 2.19. The Labute approximate surface area is 314 Å². The molecule has 1 aliphatic rings. The second-order valence-electron chi connectivity index (χ2n) is 14.6. The third-order valence-corrected chi connectivity index (χ3v) is 11.3. The molecule has 1 heterocycles. The minimum absolute atomic E-state index is 0.0299. The maximum Gasteiger partial charge on any atom is 0.407 e. The summed E-state index contributed by atoms with van der Waals surface area (Å²) in [7, 11) is 0. The number of alkyl carbamates (subject to hydrolysis) is 1. The number of ketones is 1. The van der Waals surface area contributed by atoms with Crippen molar-refractivity contribution in [3.63, 3.8) is 0 Å². The van der Waals surface area contributed by atoms with E-state index in [4.69, 9.17) is 19.9 Å². The van der Waals surface area contributed by atoms with Crippen LogP contribution in [0.3, 0.4) is 0 Å². The van der Waals surface area contributed by atoms with Crippen LogP contribution in [0, 0.1) is 5.92 Å². The average molecular weight is 732 g/mol. The van der Waals surface area contributed by atoms with Crippen molar-refractivity contribution < 1.29 is 28.6 Å². The summed E-state index contributed by atoms with van der Waals surface area (Å²) in [5.74, 6) is -0.00583. The number of rotatable bonds is 20. The van der Waals surface area contributed by atoms with Crippen molar-refractivity contribution in [2.24, 2.45) is 11.7 Å². The van der Waals surface area contributed by atoms with Gasteiger partial charge in [-0.1, -0.05) is 111 Å². The summed E-state index contributed by atoms with van der Waals surface area (Å²) in [6.45, 7) is 11.6. The number of thioether (sulfide) groups is 1. The van der Waals surface area contributed by atoms with Gasteiger partial charge in [0.15, 0.2) is 11.3 Å². The summed E-state index contributed by atoms with van der Waals surface area (Å²) in [6, 6.07) is 31.3. The molecule has 2 unspecified atom stereocenters. The molecule has 1 aliphatic heterocycles. The summed E-state index contributed by atoms with van der Waals surface area (Å²) < 4.78 is 16.2. The molecule has 0 aromatic heterocycles. The van der Waals surface area contributed by atoms with Gasteiger partial charge >= 0.3 is 12.1 Å². The minimum atomic E-state index is -1.50. The van der Waals surface area contributed by atoms with Gasteiger partial charge in [0, 0.05) is 37.8 Å². The highest BCUT2D eigenvalue weighted by molar-refractivity contribution is 8.00. The summed E-state index contributed by atoms with van der Waals surface area (Å²) >= 11 is 1.79. The molecule has 10 heteroatoms. The number of esters is 1. The molecule has 282 valence electrons. The van der Waals surface area contributed by atoms with Crippen LogP contribution >= 0.6 is 11.8 Å². The number of carbonyl (C=O) groups is 3. The predicted octanol–water partition coefficient (Wildman–Crippen LogP) is 7.01. The Morgan fingerprint density at radius 2 is 1.48 bits per heavy atom. The molecule has 9 nitrogen and oxygen atoms in total. The second-order valence-corrected chi connectivity index (χ2v) is 15.9. The zero-order valence-corrected chi connectivity index (χ0v) is 32.2. The average Bonchev–Trinajstić information content (AvgIpc) is 3.49. The Bertz CT molecular complexity index is 1460. The van der Waals surface area contributed by atoms with Gasteiger partial charge < -0.3 is 30.6 Å². The van der Waals surface area contributed by atoms with Gasteiger partial charge in [0.25, 0.3) is 0 Å². The van der Waals surface area contributed by atoms with Crippen LogP contribution in [0.5, 0.6) is 0 Å². The maximum atomic E-state index is 13.2. The number of Topliss-reactive ketones (excluding diaryl/α,β-unsaturated/α-hetero) is 1. The predicted molar refractivity (Wildman–Crippen MR) is 208 cm³/mol. The highest BCUT2D eigenvalue weighted by atomic mass is 32.2. The van der Waals surface area contributed by atoms with E-state index in [-0.39, 0.29) is 37.3 Å². The molecule has 1 saturated heterocycles. The standard InChI is InChI=1S/C42H57N3O6S/c1-6-31(2)36(29-49-26-17-16-24-37(46)41(43)25-27-50-38(41)47)44-28-35(45-39(48)51-40(3,4)5)30-52-42(32-18-10-7-11-19-32,33-20-12-8-13-21-33)34-22-14-9-15-23-34/h7-15,18-23,31,35-36,44H,6,16-17,24-30,43H2,1-5H3,(H,45,48)/t31-,35?,36?,41+/m0/s1. The van der Waals surface area contributed by atoms with Crippen LogP contribution in [0.1, 0.15) is 83.4 Å². The number of nitrogens with two attached hydrogens (primary N) is 1. The number of nitrogens with one attached hydrogen (secondary N) is 2. The van der Waals surface area contributed by atoms with Gasteiger partial charge in [0.1, 0.15) is 5.60 Å². The first-order valence-corrected chi connectivity index (χ1v) is 19.5. The van der Waals surface area contributed by atoms with Crippen molar-refractivity contribution in [2.75, 3.05) is 32.1 Å². The first-order valence-electron chi connectivity index (χ1n) is 18.5. The van der Waals surface area contributed by atoms with Gasteiger partial charge in [0.2, 0.25) is 0 Å². The molecule has 4 atom stereocenters. The highest BCUT2D eigenvalue weighted by Crippen LogP contribution is 2.48. The molecule has 52 heavy (non-hydrogen) atoms. The fraction of sp³-hybridized carbons (Fsp3) is 0.500. The third-order valence-electron chi connectivity index (χ3n) is 9.55. The van der Waals surface area contributed by atoms with E-state index in [9.17, 15) is 14.4 Å². The van der Waals surface area contributed by atoms with Crippen molar-refractivity contribution >= 4 is 29.6 Å². The molecule has 3 aromatic carbocycles. The van der Waals surface area contributed by atoms with E-state index in [2.05, 4.69) is 97.3 Å². The smallest absolute Gasteiger partial charge is 0.407 e. The number of benzene rings is 3. The number of amides is 1. The molecule has 0 aliphatic carbocycles. The Morgan fingerprint density at radius 1 is 0.923 bits per heavy atom. The Hall–Kier alpha value is -3.70. The third kappa shape index (κ3) is 11.2. The van der Waals surface area contributed by atoms with Gasteiger partial charge in [-0.3, -0.25) is 4.79 Å². The largest absolute Gasteiger partial charge is 0.464 e. The molecule has 1 fully saturated rings. The first kappa shape index (κ1) is 41.1. The number of hydrogen-bond acceptors (Lipinski definition) is 9. The van der Waals surface area contributed by atoms with Crippen molar-refractivity contribution in [1.29, 1.82) is 0 Å². The van der Waals surface area contributed by atoms with Gasteiger partial charge in [-0.2, -0.15) is 0 Å². The number of carbonyl (C=O) groups excluding carboxylic acids is 3. The zero-order valence-electron chi connectivity index (χ0n) is 31.4. The Kier molecular flexibility index (Phi) is 15.3. The number of ether oxygens (including phenoxy) is 3. The SMILES string of the molecule is CC[C@H](C)C(COCCCCC(=O)[C@]1(N)CCOC1=O)NCC(CSC(c1ccccc1)(c1ccccc1)c1ccccc1)NC(=O)OC(C)(C)C. The molecule has 0 bridgehead atoms. The van der Waals surface area contributed by atoms with E-state index in [1.165, 1.54) is 0 Å². The van der Waals surface area contributed by atoms with E-state index in [1.807, 2.05) is 39.0 Å². The van der Waals surface area contributed by atoms with Crippen molar-refractivity contribution in [3.8, 4) is 0 Å². The molecular weight excluding hydrogens is 675 g/mol. The quantitative estimate of drug-likeness (QED) is 0.0487.